The van der Waals surface area contributed by atoms with Crippen LogP contribution in [-0.2, 0) is 10.1 Å². The predicted molar refractivity (Wildman–Crippen MR) is 52.7 cm³/mol. The summed E-state index contributed by atoms with van der Waals surface area (Å²) < 4.78 is 31.5. The van der Waals surface area contributed by atoms with Crippen LogP contribution >= 0.6 is 0 Å². The molecule has 14 heavy (non-hydrogen) atoms. The van der Waals surface area contributed by atoms with E-state index in [1.54, 1.807) is 0 Å². The molecule has 0 fully saturated rings. The molecule has 0 saturated heterocycles. The standard InChI is InChI=1S/C8H19NO4S/c1-9(2,6-7-10)5-3-4-8-14(11,12)13/h10H,3-8H2,1-2H3. The number of unbranched alkanes of at least 4 members (excludes halogenated alkanes) is 1. The molecule has 0 aromatic rings. The van der Waals surface area contributed by atoms with Crippen molar-refractivity contribution in [1.82, 2.24) is 0 Å². The number of quaternary nitrogens is 1. The van der Waals surface area contributed by atoms with E-state index < -0.39 is 10.1 Å². The van der Waals surface area contributed by atoms with E-state index in [-0.39, 0.29) is 12.4 Å². The van der Waals surface area contributed by atoms with Gasteiger partial charge in [-0.25, -0.2) is 8.42 Å². The van der Waals surface area contributed by atoms with E-state index in [0.29, 0.717) is 23.9 Å². The molecule has 0 rings (SSSR count). The lowest BCUT2D eigenvalue weighted by molar-refractivity contribution is -0.890. The number of aliphatic hydroxyl groups is 1. The maximum atomic E-state index is 10.3. The topological polar surface area (TPSA) is 77.4 Å². The lowest BCUT2D eigenvalue weighted by Gasteiger charge is -2.28. The molecule has 0 amide bonds. The van der Waals surface area contributed by atoms with E-state index in [2.05, 4.69) is 0 Å². The molecule has 5 nitrogen and oxygen atoms in total. The Kier molecular flexibility index (Phi) is 5.58. The summed E-state index contributed by atoms with van der Waals surface area (Å²) in [7, 11) is -0.140. The van der Waals surface area contributed by atoms with Gasteiger partial charge in [-0.15, -0.1) is 0 Å². The average Bonchev–Trinajstić information content (AvgIpc) is 1.96. The Labute approximate surface area is 85.7 Å². The van der Waals surface area contributed by atoms with Crippen molar-refractivity contribution in [3.63, 3.8) is 0 Å². The molecule has 0 heterocycles. The summed E-state index contributed by atoms with van der Waals surface area (Å²) in [5, 5.41) is 8.73. The van der Waals surface area contributed by atoms with Gasteiger partial charge in [0.25, 0.3) is 0 Å². The third-order valence-corrected chi connectivity index (χ3v) is 2.90. The SMILES string of the molecule is C[N+](C)(CCO)CCCCS(=O)(=O)[O-]. The van der Waals surface area contributed by atoms with Crippen LogP contribution in [0.1, 0.15) is 12.8 Å². The van der Waals surface area contributed by atoms with Crippen LogP contribution in [0.4, 0.5) is 0 Å². The first kappa shape index (κ1) is 13.8. The van der Waals surface area contributed by atoms with E-state index in [1.807, 2.05) is 14.1 Å². The Morgan fingerprint density at radius 3 is 2.21 bits per heavy atom. The van der Waals surface area contributed by atoms with Crippen LogP contribution in [-0.4, -0.2) is 62.1 Å². The van der Waals surface area contributed by atoms with Crippen LogP contribution in [0, 0.1) is 0 Å². The molecule has 0 aliphatic heterocycles. The summed E-state index contributed by atoms with van der Waals surface area (Å²) in [4.78, 5) is 0. The Morgan fingerprint density at radius 1 is 1.21 bits per heavy atom. The Morgan fingerprint density at radius 2 is 1.79 bits per heavy atom. The van der Waals surface area contributed by atoms with Gasteiger partial charge in [-0.2, -0.15) is 0 Å². The molecule has 0 aliphatic carbocycles. The van der Waals surface area contributed by atoms with E-state index >= 15 is 0 Å². The average molecular weight is 225 g/mol. The third kappa shape index (κ3) is 8.43. The molecular formula is C8H19NO4S. The van der Waals surface area contributed by atoms with Gasteiger partial charge in [0.15, 0.2) is 0 Å². The lowest BCUT2D eigenvalue weighted by atomic mass is 10.3. The Balaban J connectivity index is 3.64. The maximum Gasteiger partial charge on any atom is 0.102 e. The van der Waals surface area contributed by atoms with Crippen molar-refractivity contribution in [2.45, 2.75) is 12.8 Å². The van der Waals surface area contributed by atoms with Crippen LogP contribution in [0.15, 0.2) is 0 Å². The lowest BCUT2D eigenvalue weighted by Crippen LogP contribution is -2.42. The Hall–Kier alpha value is -0.170. The van der Waals surface area contributed by atoms with Crippen LogP contribution in [0.5, 0.6) is 0 Å². The maximum absolute atomic E-state index is 10.3. The molecule has 1 N–H and O–H groups in total. The van der Waals surface area contributed by atoms with Crippen LogP contribution in [0.3, 0.4) is 0 Å². The summed E-state index contributed by atoms with van der Waals surface area (Å²) in [5.41, 5.74) is 0. The quantitative estimate of drug-likeness (QED) is 0.356. The normalized spacial score (nSPS) is 13.1. The van der Waals surface area contributed by atoms with Gasteiger partial charge in [0.2, 0.25) is 0 Å². The number of likely N-dealkylation sites (N-methyl/N-ethyl adjacent to an activating group) is 1. The van der Waals surface area contributed by atoms with Gasteiger partial charge >= 0.3 is 0 Å². The summed E-state index contributed by atoms with van der Waals surface area (Å²) in [6.45, 7) is 1.53. The Bertz CT molecular complexity index is 248. The molecule has 0 radical (unpaired) electrons. The van der Waals surface area contributed by atoms with Gasteiger partial charge < -0.3 is 14.1 Å². The van der Waals surface area contributed by atoms with Gasteiger partial charge in [-0.1, -0.05) is 0 Å². The number of nitrogens with zero attached hydrogens (tertiary/aromatic N) is 1. The van der Waals surface area contributed by atoms with Gasteiger partial charge in [-0.3, -0.25) is 0 Å². The van der Waals surface area contributed by atoms with Crippen LogP contribution < -0.4 is 0 Å². The fourth-order valence-electron chi connectivity index (χ4n) is 1.20. The van der Waals surface area contributed by atoms with Crippen LogP contribution in [0.25, 0.3) is 0 Å². The molecule has 0 aromatic carbocycles. The molecule has 0 atom stereocenters. The minimum absolute atomic E-state index is 0.118. The predicted octanol–water partition coefficient (Wildman–Crippen LogP) is -0.619. The molecule has 86 valence electrons. The minimum Gasteiger partial charge on any atom is -0.748 e. The smallest absolute Gasteiger partial charge is 0.102 e. The molecule has 0 aromatic heterocycles. The van der Waals surface area contributed by atoms with E-state index in [1.165, 1.54) is 0 Å². The molecular weight excluding hydrogens is 206 g/mol. The molecule has 0 unspecified atom stereocenters. The second-order valence-electron chi connectivity index (χ2n) is 4.08. The van der Waals surface area contributed by atoms with Crippen molar-refractivity contribution < 1.29 is 22.6 Å². The van der Waals surface area contributed by atoms with Gasteiger partial charge in [-0.05, 0) is 12.8 Å². The summed E-state index contributed by atoms with van der Waals surface area (Å²) in [6.07, 6.45) is 1.09. The first-order valence-corrected chi connectivity index (χ1v) is 6.21. The van der Waals surface area contributed by atoms with Crippen molar-refractivity contribution in [1.29, 1.82) is 0 Å². The minimum atomic E-state index is -4.06. The highest BCUT2D eigenvalue weighted by Crippen LogP contribution is 2.02. The first-order chi connectivity index (χ1) is 6.27. The first-order valence-electron chi connectivity index (χ1n) is 4.63. The molecule has 0 bridgehead atoms. The van der Waals surface area contributed by atoms with E-state index in [9.17, 15) is 13.0 Å². The van der Waals surface area contributed by atoms with Gasteiger partial charge in [0.1, 0.15) is 6.54 Å². The fraction of sp³-hybridized carbons (Fsp3) is 1.00. The highest BCUT2D eigenvalue weighted by molar-refractivity contribution is 7.85. The van der Waals surface area contributed by atoms with E-state index in [4.69, 9.17) is 5.11 Å². The number of hydrogen-bond acceptors (Lipinski definition) is 4. The highest BCUT2D eigenvalue weighted by atomic mass is 32.2. The summed E-state index contributed by atoms with van der Waals surface area (Å²) >= 11 is 0. The van der Waals surface area contributed by atoms with Gasteiger partial charge in [0, 0.05) is 5.75 Å². The molecule has 0 aliphatic rings. The van der Waals surface area contributed by atoms with Crippen molar-refractivity contribution in [3.05, 3.63) is 0 Å². The zero-order chi connectivity index (χ0) is 11.2. The second kappa shape index (κ2) is 5.65. The summed E-state index contributed by atoms with van der Waals surface area (Å²) in [6, 6.07) is 0. The fourth-order valence-corrected chi connectivity index (χ4v) is 1.76. The van der Waals surface area contributed by atoms with Crippen molar-refractivity contribution >= 4 is 10.1 Å². The molecule has 0 saturated carbocycles. The van der Waals surface area contributed by atoms with Gasteiger partial charge in [0.05, 0.1) is 37.4 Å². The number of aliphatic hydroxyl groups excluding tert-OH is 1. The van der Waals surface area contributed by atoms with Crippen molar-refractivity contribution in [2.75, 3.05) is 39.5 Å². The summed E-state index contributed by atoms with van der Waals surface area (Å²) in [5.74, 6) is -0.286. The third-order valence-electron chi connectivity index (χ3n) is 2.11. The van der Waals surface area contributed by atoms with E-state index in [0.717, 1.165) is 6.54 Å². The highest BCUT2D eigenvalue weighted by Gasteiger charge is 2.13. The van der Waals surface area contributed by atoms with Crippen molar-refractivity contribution in [3.8, 4) is 0 Å². The zero-order valence-corrected chi connectivity index (χ0v) is 9.59. The number of rotatable bonds is 7. The zero-order valence-electron chi connectivity index (χ0n) is 8.77. The van der Waals surface area contributed by atoms with Crippen molar-refractivity contribution in [2.24, 2.45) is 0 Å². The monoisotopic (exact) mass is 225 g/mol. The molecule has 6 heteroatoms. The number of hydrogen-bond donors (Lipinski definition) is 1. The largest absolute Gasteiger partial charge is 0.748 e. The van der Waals surface area contributed by atoms with Crippen LogP contribution in [0.2, 0.25) is 0 Å². The second-order valence-corrected chi connectivity index (χ2v) is 5.60. The molecule has 0 spiro atoms.